The summed E-state index contributed by atoms with van der Waals surface area (Å²) in [6.07, 6.45) is 1.69. The number of aromatic nitrogens is 4. The number of anilines is 1. The Labute approximate surface area is 139 Å². The lowest BCUT2D eigenvalue weighted by molar-refractivity contribution is 0.0951. The average Bonchev–Trinajstić information content (AvgIpc) is 2.91. The summed E-state index contributed by atoms with van der Waals surface area (Å²) in [7, 11) is 0. The number of hydrogen-bond acceptors (Lipinski definition) is 6. The summed E-state index contributed by atoms with van der Waals surface area (Å²) in [5.41, 5.74) is 8.88. The van der Waals surface area contributed by atoms with Gasteiger partial charge in [-0.1, -0.05) is 13.8 Å². The van der Waals surface area contributed by atoms with Gasteiger partial charge in [0.1, 0.15) is 5.69 Å². The SMILES string of the molecule is Cc1[nH]cnc1CSCCNC(=O)c1cc(C(C)C)nc(N)n1. The average molecular weight is 334 g/mol. The second-order valence-corrected chi connectivity index (χ2v) is 6.58. The molecule has 2 heterocycles. The van der Waals surface area contributed by atoms with Crippen LogP contribution >= 0.6 is 11.8 Å². The van der Waals surface area contributed by atoms with Gasteiger partial charge in [-0.25, -0.2) is 15.0 Å². The highest BCUT2D eigenvalue weighted by Crippen LogP contribution is 2.14. The van der Waals surface area contributed by atoms with E-state index in [9.17, 15) is 4.79 Å². The molecular formula is C15H22N6OS. The van der Waals surface area contributed by atoms with Gasteiger partial charge in [-0.2, -0.15) is 11.8 Å². The van der Waals surface area contributed by atoms with E-state index in [1.54, 1.807) is 24.2 Å². The van der Waals surface area contributed by atoms with Crippen LogP contribution in [0.1, 0.15) is 47.3 Å². The minimum atomic E-state index is -0.224. The van der Waals surface area contributed by atoms with Gasteiger partial charge in [-0.05, 0) is 18.9 Å². The van der Waals surface area contributed by atoms with Gasteiger partial charge in [0.15, 0.2) is 0 Å². The van der Waals surface area contributed by atoms with E-state index in [2.05, 4.69) is 25.3 Å². The Morgan fingerprint density at radius 3 is 2.87 bits per heavy atom. The molecule has 0 spiro atoms. The number of imidazole rings is 1. The number of nitrogens with two attached hydrogens (primary N) is 1. The maximum absolute atomic E-state index is 12.1. The number of aryl methyl sites for hydroxylation is 1. The molecule has 0 atom stereocenters. The highest BCUT2D eigenvalue weighted by molar-refractivity contribution is 7.98. The zero-order valence-corrected chi connectivity index (χ0v) is 14.4. The molecular weight excluding hydrogens is 312 g/mol. The number of nitrogens with zero attached hydrogens (tertiary/aromatic N) is 3. The molecule has 4 N–H and O–H groups in total. The zero-order chi connectivity index (χ0) is 16.8. The Kier molecular flexibility index (Phi) is 5.97. The van der Waals surface area contributed by atoms with Crippen LogP contribution in [-0.2, 0) is 5.75 Å². The minimum absolute atomic E-state index is 0.129. The van der Waals surface area contributed by atoms with Crippen molar-refractivity contribution >= 4 is 23.6 Å². The standard InChI is InChI=1S/C15H22N6OS/c1-9(2)11-6-12(21-15(16)20-11)14(22)17-4-5-23-7-13-10(3)18-8-19-13/h6,8-9H,4-5,7H2,1-3H3,(H,17,22)(H,18,19)(H2,16,20,21). The first-order valence-corrected chi connectivity index (χ1v) is 8.62. The number of thioether (sulfide) groups is 1. The third-order valence-electron chi connectivity index (χ3n) is 3.29. The summed E-state index contributed by atoms with van der Waals surface area (Å²) in [5, 5.41) is 2.85. The third-order valence-corrected chi connectivity index (χ3v) is 4.26. The highest BCUT2D eigenvalue weighted by Gasteiger charge is 2.12. The Morgan fingerprint density at radius 1 is 1.43 bits per heavy atom. The molecule has 0 unspecified atom stereocenters. The van der Waals surface area contributed by atoms with Gasteiger partial charge in [0.05, 0.1) is 12.0 Å². The zero-order valence-electron chi connectivity index (χ0n) is 13.6. The van der Waals surface area contributed by atoms with Gasteiger partial charge in [0.25, 0.3) is 5.91 Å². The Balaban J connectivity index is 1.80. The largest absolute Gasteiger partial charge is 0.368 e. The summed E-state index contributed by atoms with van der Waals surface area (Å²) in [6.45, 7) is 6.55. The van der Waals surface area contributed by atoms with Crippen molar-refractivity contribution < 1.29 is 4.79 Å². The van der Waals surface area contributed by atoms with E-state index in [-0.39, 0.29) is 17.8 Å². The van der Waals surface area contributed by atoms with Crippen LogP contribution in [0.4, 0.5) is 5.95 Å². The van der Waals surface area contributed by atoms with Crippen molar-refractivity contribution in [2.45, 2.75) is 32.4 Å². The molecule has 8 heteroatoms. The molecule has 0 saturated heterocycles. The molecule has 0 radical (unpaired) electrons. The van der Waals surface area contributed by atoms with E-state index in [0.717, 1.165) is 28.6 Å². The van der Waals surface area contributed by atoms with Crippen LogP contribution in [-0.4, -0.2) is 38.1 Å². The predicted molar refractivity (Wildman–Crippen MR) is 92.4 cm³/mol. The molecule has 0 aliphatic rings. The van der Waals surface area contributed by atoms with Crippen LogP contribution < -0.4 is 11.1 Å². The first-order chi connectivity index (χ1) is 11.0. The summed E-state index contributed by atoms with van der Waals surface area (Å²) in [5.74, 6) is 1.72. The lowest BCUT2D eigenvalue weighted by atomic mass is 10.1. The molecule has 0 bridgehead atoms. The van der Waals surface area contributed by atoms with Crippen LogP contribution in [0.25, 0.3) is 0 Å². The van der Waals surface area contributed by atoms with Crippen molar-refractivity contribution in [1.29, 1.82) is 0 Å². The van der Waals surface area contributed by atoms with Crippen molar-refractivity contribution in [2.24, 2.45) is 0 Å². The Bertz CT molecular complexity index is 670. The fourth-order valence-electron chi connectivity index (χ4n) is 1.93. The number of carbonyl (C=O) groups is 1. The third kappa shape index (κ3) is 4.95. The lowest BCUT2D eigenvalue weighted by Gasteiger charge is -2.09. The summed E-state index contributed by atoms with van der Waals surface area (Å²) >= 11 is 1.72. The molecule has 23 heavy (non-hydrogen) atoms. The molecule has 0 fully saturated rings. The fourth-order valence-corrected chi connectivity index (χ4v) is 2.80. The normalized spacial score (nSPS) is 11.0. The summed E-state index contributed by atoms with van der Waals surface area (Å²) in [4.78, 5) is 27.6. The van der Waals surface area contributed by atoms with Gasteiger partial charge >= 0.3 is 0 Å². The van der Waals surface area contributed by atoms with Crippen molar-refractivity contribution in [2.75, 3.05) is 18.0 Å². The van der Waals surface area contributed by atoms with Gasteiger partial charge < -0.3 is 16.0 Å². The summed E-state index contributed by atoms with van der Waals surface area (Å²) in [6, 6.07) is 1.69. The molecule has 7 nitrogen and oxygen atoms in total. The smallest absolute Gasteiger partial charge is 0.270 e. The number of hydrogen-bond donors (Lipinski definition) is 3. The number of H-pyrrole nitrogens is 1. The second-order valence-electron chi connectivity index (χ2n) is 5.47. The molecule has 0 aliphatic heterocycles. The van der Waals surface area contributed by atoms with Crippen molar-refractivity contribution in [3.05, 3.63) is 35.2 Å². The first kappa shape index (κ1) is 17.3. The van der Waals surface area contributed by atoms with E-state index < -0.39 is 0 Å². The van der Waals surface area contributed by atoms with Crippen molar-refractivity contribution in [3.8, 4) is 0 Å². The molecule has 124 valence electrons. The van der Waals surface area contributed by atoms with E-state index in [4.69, 9.17) is 5.73 Å². The van der Waals surface area contributed by atoms with Gasteiger partial charge in [-0.15, -0.1) is 0 Å². The quantitative estimate of drug-likeness (QED) is 0.667. The molecule has 0 aromatic carbocycles. The Hall–Kier alpha value is -2.09. The van der Waals surface area contributed by atoms with E-state index in [0.29, 0.717) is 12.2 Å². The van der Waals surface area contributed by atoms with Crippen LogP contribution in [0.5, 0.6) is 0 Å². The molecule has 0 saturated carbocycles. The number of amides is 1. The lowest BCUT2D eigenvalue weighted by Crippen LogP contribution is -2.27. The van der Waals surface area contributed by atoms with Gasteiger partial charge in [0, 0.05) is 29.4 Å². The second kappa shape index (κ2) is 7.96. The molecule has 1 amide bonds. The predicted octanol–water partition coefficient (Wildman–Crippen LogP) is 1.88. The van der Waals surface area contributed by atoms with Gasteiger partial charge in [0.2, 0.25) is 5.95 Å². The minimum Gasteiger partial charge on any atom is -0.368 e. The summed E-state index contributed by atoms with van der Waals surface area (Å²) < 4.78 is 0. The molecule has 2 aromatic heterocycles. The number of carbonyl (C=O) groups excluding carboxylic acids is 1. The van der Waals surface area contributed by atoms with Crippen molar-refractivity contribution in [3.63, 3.8) is 0 Å². The highest BCUT2D eigenvalue weighted by atomic mass is 32.2. The number of nitrogens with one attached hydrogen (secondary N) is 2. The fraction of sp³-hybridized carbons (Fsp3) is 0.467. The van der Waals surface area contributed by atoms with Crippen LogP contribution in [0, 0.1) is 6.92 Å². The maximum atomic E-state index is 12.1. The number of rotatable bonds is 7. The number of aromatic amines is 1. The monoisotopic (exact) mass is 334 g/mol. The van der Waals surface area contributed by atoms with Crippen LogP contribution in [0.15, 0.2) is 12.4 Å². The molecule has 2 aromatic rings. The maximum Gasteiger partial charge on any atom is 0.270 e. The van der Waals surface area contributed by atoms with E-state index in [1.165, 1.54) is 0 Å². The van der Waals surface area contributed by atoms with E-state index in [1.807, 2.05) is 20.8 Å². The van der Waals surface area contributed by atoms with Gasteiger partial charge in [-0.3, -0.25) is 4.79 Å². The Morgan fingerprint density at radius 2 is 2.22 bits per heavy atom. The topological polar surface area (TPSA) is 110 Å². The van der Waals surface area contributed by atoms with E-state index >= 15 is 0 Å². The molecule has 0 aliphatic carbocycles. The van der Waals surface area contributed by atoms with Crippen molar-refractivity contribution in [1.82, 2.24) is 25.3 Å². The molecule has 2 rings (SSSR count). The van der Waals surface area contributed by atoms with Crippen LogP contribution in [0.3, 0.4) is 0 Å². The number of nitrogen functional groups attached to an aromatic ring is 1. The first-order valence-electron chi connectivity index (χ1n) is 7.46. The van der Waals surface area contributed by atoms with Crippen LogP contribution in [0.2, 0.25) is 0 Å².